The van der Waals surface area contributed by atoms with Crippen LogP contribution in [0.1, 0.15) is 34.7 Å². The van der Waals surface area contributed by atoms with Crippen molar-refractivity contribution in [2.24, 2.45) is 12.8 Å². The van der Waals surface area contributed by atoms with E-state index in [9.17, 15) is 13.6 Å². The van der Waals surface area contributed by atoms with E-state index in [1.807, 2.05) is 0 Å². The van der Waals surface area contributed by atoms with Gasteiger partial charge in [-0.2, -0.15) is 14.6 Å². The van der Waals surface area contributed by atoms with Gasteiger partial charge < -0.3 is 15.8 Å². The zero-order valence-corrected chi connectivity index (χ0v) is 17.9. The number of carbonyl (C=O) groups excluding carboxylic acids is 1. The van der Waals surface area contributed by atoms with E-state index < -0.39 is 24.1 Å². The number of halogens is 2. The average molecular weight is 452 g/mol. The van der Waals surface area contributed by atoms with Gasteiger partial charge in [-0.05, 0) is 19.8 Å². The third-order valence-corrected chi connectivity index (χ3v) is 6.14. The van der Waals surface area contributed by atoms with E-state index in [2.05, 4.69) is 25.6 Å². The molecule has 0 unspecified atom stereocenters. The van der Waals surface area contributed by atoms with Crippen LogP contribution in [0.3, 0.4) is 0 Å². The quantitative estimate of drug-likeness (QED) is 0.547. The first-order chi connectivity index (χ1) is 14.8. The number of nitrogens with one attached hydrogen (secondary N) is 2. The van der Waals surface area contributed by atoms with Crippen molar-refractivity contribution in [2.45, 2.75) is 44.5 Å². The number of H-pyrrole nitrogens is 1. The van der Waals surface area contributed by atoms with Gasteiger partial charge in [-0.25, -0.2) is 14.1 Å². The number of anilines is 1. The van der Waals surface area contributed by atoms with Crippen LogP contribution in [0, 0.1) is 12.9 Å². The van der Waals surface area contributed by atoms with E-state index in [0.717, 1.165) is 16.0 Å². The normalized spacial score (nSPS) is 21.8. The van der Waals surface area contributed by atoms with Crippen LogP contribution in [0.5, 0.6) is 0 Å². The van der Waals surface area contributed by atoms with Crippen LogP contribution in [-0.2, 0) is 18.2 Å². The summed E-state index contributed by atoms with van der Waals surface area (Å²) in [5, 5.41) is 15.6. The molecule has 4 heterocycles. The highest BCUT2D eigenvalue weighted by Crippen LogP contribution is 2.29. The number of amides is 1. The second kappa shape index (κ2) is 8.81. The highest BCUT2D eigenvalue weighted by atomic mass is 32.1. The minimum Gasteiger partial charge on any atom is -0.375 e. The zero-order chi connectivity index (χ0) is 22.1. The summed E-state index contributed by atoms with van der Waals surface area (Å²) in [6.45, 7) is 1.64. The fourth-order valence-electron chi connectivity index (χ4n) is 3.51. The van der Waals surface area contributed by atoms with Gasteiger partial charge in [-0.3, -0.25) is 9.89 Å². The number of nitrogens with two attached hydrogens (primary N) is 1. The second-order valence-electron chi connectivity index (χ2n) is 7.55. The molecule has 166 valence electrons. The Hall–Kier alpha value is -2.70. The molecule has 0 aliphatic carbocycles. The Labute approximate surface area is 181 Å². The van der Waals surface area contributed by atoms with Crippen molar-refractivity contribution in [1.82, 2.24) is 25.0 Å². The fraction of sp³-hybridized carbons (Fsp3) is 0.474. The lowest BCUT2D eigenvalue weighted by Crippen LogP contribution is -2.32. The van der Waals surface area contributed by atoms with E-state index >= 15 is 0 Å². The van der Waals surface area contributed by atoms with E-state index in [1.165, 1.54) is 13.2 Å². The van der Waals surface area contributed by atoms with E-state index in [-0.39, 0.29) is 24.0 Å². The molecular formula is C19H23F2N7O2S. The zero-order valence-electron chi connectivity index (χ0n) is 17.1. The van der Waals surface area contributed by atoms with Crippen molar-refractivity contribution < 1.29 is 18.3 Å². The first-order valence-electron chi connectivity index (χ1n) is 9.83. The number of hydrogen-bond donors (Lipinski definition) is 3. The number of hydrogen-bond acceptors (Lipinski definition) is 7. The molecule has 1 aliphatic heterocycles. The first-order valence-corrected chi connectivity index (χ1v) is 10.7. The third kappa shape index (κ3) is 4.50. The topological polar surface area (TPSA) is 124 Å². The van der Waals surface area contributed by atoms with Gasteiger partial charge in [0.25, 0.3) is 5.91 Å². The lowest BCUT2D eigenvalue weighted by Gasteiger charge is -2.15. The molecule has 0 spiro atoms. The SMILES string of the molecule is Cc1nn(C)c(F)c1-c1nc(C(=O)Nc2cn[nH]c2C[C@@H]2CC[C@@H](N)[C@H](F)CO2)cs1. The largest absolute Gasteiger partial charge is 0.375 e. The molecule has 0 aromatic carbocycles. The Morgan fingerprint density at radius 1 is 1.48 bits per heavy atom. The van der Waals surface area contributed by atoms with Crippen molar-refractivity contribution in [3.63, 3.8) is 0 Å². The number of alkyl halides is 1. The number of aromatic nitrogens is 5. The minimum absolute atomic E-state index is 0.0480. The number of thiazole rings is 1. The number of aromatic amines is 1. The van der Waals surface area contributed by atoms with E-state index in [0.29, 0.717) is 41.3 Å². The lowest BCUT2D eigenvalue weighted by atomic mass is 10.0. The van der Waals surface area contributed by atoms with Gasteiger partial charge in [0, 0.05) is 24.9 Å². The Morgan fingerprint density at radius 2 is 2.29 bits per heavy atom. The summed E-state index contributed by atoms with van der Waals surface area (Å²) >= 11 is 1.16. The van der Waals surface area contributed by atoms with Gasteiger partial charge in [-0.15, -0.1) is 11.3 Å². The molecule has 1 fully saturated rings. The summed E-state index contributed by atoms with van der Waals surface area (Å²) in [6.07, 6.45) is 1.64. The molecule has 9 nitrogen and oxygen atoms in total. The molecule has 0 radical (unpaired) electrons. The van der Waals surface area contributed by atoms with Crippen LogP contribution in [0.25, 0.3) is 10.6 Å². The molecule has 31 heavy (non-hydrogen) atoms. The van der Waals surface area contributed by atoms with Gasteiger partial charge >= 0.3 is 0 Å². The Morgan fingerprint density at radius 3 is 3.03 bits per heavy atom. The minimum atomic E-state index is -1.18. The van der Waals surface area contributed by atoms with Crippen LogP contribution in [-0.4, -0.2) is 55.8 Å². The standard InChI is InChI=1S/C19H23F2N7O2S/c1-9-16(17(21)28(2)27-9)19-25-15(8-31-19)18(29)24-14-6-23-26-13(14)5-10-3-4-12(22)11(20)7-30-10/h6,8,10-12H,3-5,7,22H2,1-2H3,(H,23,26)(H,24,29)/t10-,11+,12+/m0/s1. The van der Waals surface area contributed by atoms with Crippen molar-refractivity contribution in [3.05, 3.63) is 34.6 Å². The Kier molecular flexibility index (Phi) is 6.12. The number of carbonyl (C=O) groups is 1. The third-order valence-electron chi connectivity index (χ3n) is 5.28. The summed E-state index contributed by atoms with van der Waals surface area (Å²) in [4.78, 5) is 17.0. The maximum absolute atomic E-state index is 14.3. The molecule has 3 aromatic heterocycles. The van der Waals surface area contributed by atoms with Crippen LogP contribution in [0.2, 0.25) is 0 Å². The molecular weight excluding hydrogens is 428 g/mol. The number of rotatable bonds is 5. The molecule has 0 bridgehead atoms. The van der Waals surface area contributed by atoms with E-state index in [4.69, 9.17) is 10.5 Å². The summed E-state index contributed by atoms with van der Waals surface area (Å²) < 4.78 is 34.8. The van der Waals surface area contributed by atoms with Crippen LogP contribution >= 0.6 is 11.3 Å². The smallest absolute Gasteiger partial charge is 0.275 e. The molecule has 3 atom stereocenters. The first kappa shape index (κ1) is 21.5. The van der Waals surface area contributed by atoms with Crippen molar-refractivity contribution in [3.8, 4) is 10.6 Å². The summed E-state index contributed by atoms with van der Waals surface area (Å²) in [6, 6.07) is -0.530. The molecule has 1 saturated heterocycles. The van der Waals surface area contributed by atoms with Crippen molar-refractivity contribution in [1.29, 1.82) is 0 Å². The van der Waals surface area contributed by atoms with E-state index in [1.54, 1.807) is 12.3 Å². The Bertz CT molecular complexity index is 1070. The van der Waals surface area contributed by atoms with Crippen LogP contribution in [0.15, 0.2) is 11.6 Å². The molecule has 12 heteroatoms. The van der Waals surface area contributed by atoms with Crippen molar-refractivity contribution in [2.75, 3.05) is 11.9 Å². The number of nitrogens with zero attached hydrogens (tertiary/aromatic N) is 4. The molecule has 3 aromatic rings. The number of aryl methyl sites for hydroxylation is 2. The molecule has 4 rings (SSSR count). The summed E-state index contributed by atoms with van der Waals surface area (Å²) in [5.74, 6) is -0.950. The fourth-order valence-corrected chi connectivity index (χ4v) is 4.39. The highest BCUT2D eigenvalue weighted by molar-refractivity contribution is 7.13. The molecule has 1 aliphatic rings. The maximum Gasteiger partial charge on any atom is 0.275 e. The van der Waals surface area contributed by atoms with Crippen molar-refractivity contribution >= 4 is 22.9 Å². The predicted molar refractivity (Wildman–Crippen MR) is 111 cm³/mol. The highest BCUT2D eigenvalue weighted by Gasteiger charge is 2.26. The summed E-state index contributed by atoms with van der Waals surface area (Å²) in [5.41, 5.74) is 7.85. The van der Waals surface area contributed by atoms with Crippen LogP contribution < -0.4 is 11.1 Å². The monoisotopic (exact) mass is 451 g/mol. The Balaban J connectivity index is 1.45. The lowest BCUT2D eigenvalue weighted by molar-refractivity contribution is 0.0295. The molecule has 1 amide bonds. The molecule has 4 N–H and O–H groups in total. The molecule has 0 saturated carbocycles. The van der Waals surface area contributed by atoms with Gasteiger partial charge in [0.15, 0.2) is 0 Å². The maximum atomic E-state index is 14.3. The van der Waals surface area contributed by atoms with Gasteiger partial charge in [-0.1, -0.05) is 0 Å². The van der Waals surface area contributed by atoms with Gasteiger partial charge in [0.1, 0.15) is 16.9 Å². The summed E-state index contributed by atoms with van der Waals surface area (Å²) in [7, 11) is 1.51. The van der Waals surface area contributed by atoms with Gasteiger partial charge in [0.2, 0.25) is 5.95 Å². The number of ether oxygens (including phenoxy) is 1. The average Bonchev–Trinajstić information content (AvgIpc) is 3.41. The predicted octanol–water partition coefficient (Wildman–Crippen LogP) is 2.35. The van der Waals surface area contributed by atoms with Gasteiger partial charge in [0.05, 0.1) is 41.5 Å². The second-order valence-corrected chi connectivity index (χ2v) is 8.40. The van der Waals surface area contributed by atoms with Crippen LogP contribution in [0.4, 0.5) is 14.5 Å².